The Morgan fingerprint density at radius 3 is 2.56 bits per heavy atom. The van der Waals surface area contributed by atoms with Gasteiger partial charge < -0.3 is 4.74 Å². The molecule has 1 fully saturated rings. The monoisotopic (exact) mass is 288 g/mol. The van der Waals surface area contributed by atoms with Crippen molar-refractivity contribution in [2.75, 3.05) is 6.26 Å². The summed E-state index contributed by atoms with van der Waals surface area (Å²) in [5, 5.41) is 0.112. The van der Waals surface area contributed by atoms with Crippen molar-refractivity contribution in [3.8, 4) is 5.75 Å². The first-order valence-electron chi connectivity index (χ1n) is 5.82. The van der Waals surface area contributed by atoms with Crippen LogP contribution in [0.2, 0.25) is 0 Å². The Labute approximate surface area is 113 Å². The van der Waals surface area contributed by atoms with Crippen LogP contribution in [0, 0.1) is 5.41 Å². The molecule has 0 saturated heterocycles. The zero-order valence-electron chi connectivity index (χ0n) is 10.7. The fourth-order valence-corrected chi connectivity index (χ4v) is 2.94. The lowest BCUT2D eigenvalue weighted by Crippen LogP contribution is -2.53. The molecule has 0 bridgehead atoms. The molecular weight excluding hydrogens is 272 g/mol. The minimum Gasteiger partial charge on any atom is -0.490 e. The highest BCUT2D eigenvalue weighted by molar-refractivity contribution is 7.90. The lowest BCUT2D eigenvalue weighted by Gasteiger charge is -2.48. The first-order valence-corrected chi connectivity index (χ1v) is 8.15. The SMILES string of the molecule is CC1(C)C(Cl)CC1Oc1cccc(S(C)(=O)=O)c1. The molecule has 1 aromatic carbocycles. The molecular formula is C13H17ClO3S. The molecule has 1 aliphatic rings. The molecule has 0 amide bonds. The fourth-order valence-electron chi connectivity index (χ4n) is 1.98. The average Bonchev–Trinajstić information content (AvgIpc) is 2.28. The minimum atomic E-state index is -3.20. The van der Waals surface area contributed by atoms with Gasteiger partial charge in [-0.2, -0.15) is 0 Å². The standard InChI is InChI=1S/C13H17ClO3S/c1-13(2)11(14)8-12(13)17-9-5-4-6-10(7-9)18(3,15)16/h4-7,11-12H,8H2,1-3H3. The van der Waals surface area contributed by atoms with Gasteiger partial charge in [-0.3, -0.25) is 0 Å². The summed E-state index contributed by atoms with van der Waals surface area (Å²) >= 11 is 6.13. The maximum absolute atomic E-state index is 11.5. The van der Waals surface area contributed by atoms with Gasteiger partial charge in [0.15, 0.2) is 9.84 Å². The summed E-state index contributed by atoms with van der Waals surface area (Å²) < 4.78 is 28.7. The molecule has 1 saturated carbocycles. The van der Waals surface area contributed by atoms with Crippen LogP contribution in [0.1, 0.15) is 20.3 Å². The fraction of sp³-hybridized carbons (Fsp3) is 0.538. The highest BCUT2D eigenvalue weighted by atomic mass is 35.5. The maximum atomic E-state index is 11.5. The quantitative estimate of drug-likeness (QED) is 0.803. The molecule has 18 heavy (non-hydrogen) atoms. The lowest BCUT2D eigenvalue weighted by molar-refractivity contribution is -0.0131. The molecule has 0 spiro atoms. The summed E-state index contributed by atoms with van der Waals surface area (Å²) in [5.74, 6) is 0.583. The van der Waals surface area contributed by atoms with E-state index in [-0.39, 0.29) is 21.8 Å². The molecule has 2 atom stereocenters. The molecule has 1 aliphatic carbocycles. The van der Waals surface area contributed by atoms with E-state index in [4.69, 9.17) is 16.3 Å². The molecule has 1 aromatic rings. The molecule has 0 N–H and O–H groups in total. The van der Waals surface area contributed by atoms with Crippen molar-refractivity contribution in [1.29, 1.82) is 0 Å². The average molecular weight is 289 g/mol. The smallest absolute Gasteiger partial charge is 0.175 e. The van der Waals surface area contributed by atoms with Crippen LogP contribution in [0.15, 0.2) is 29.2 Å². The summed E-state index contributed by atoms with van der Waals surface area (Å²) in [6, 6.07) is 6.59. The van der Waals surface area contributed by atoms with Gasteiger partial charge in [-0.15, -0.1) is 11.6 Å². The van der Waals surface area contributed by atoms with Gasteiger partial charge >= 0.3 is 0 Å². The van der Waals surface area contributed by atoms with Crippen molar-refractivity contribution in [2.24, 2.45) is 5.41 Å². The topological polar surface area (TPSA) is 43.4 Å². The number of halogens is 1. The molecule has 5 heteroatoms. The zero-order chi connectivity index (χ0) is 13.6. The van der Waals surface area contributed by atoms with Crippen LogP contribution in [-0.2, 0) is 9.84 Å². The van der Waals surface area contributed by atoms with Gasteiger partial charge in [0.1, 0.15) is 11.9 Å². The van der Waals surface area contributed by atoms with E-state index in [9.17, 15) is 8.42 Å². The van der Waals surface area contributed by atoms with Crippen LogP contribution >= 0.6 is 11.6 Å². The predicted molar refractivity (Wildman–Crippen MR) is 72.0 cm³/mol. The van der Waals surface area contributed by atoms with E-state index in [1.54, 1.807) is 24.3 Å². The normalized spacial score (nSPS) is 26.4. The third-order valence-corrected chi connectivity index (χ3v) is 5.42. The molecule has 0 radical (unpaired) electrons. The third kappa shape index (κ3) is 2.50. The highest BCUT2D eigenvalue weighted by Crippen LogP contribution is 2.46. The number of hydrogen-bond donors (Lipinski definition) is 0. The molecule has 0 aliphatic heterocycles. The van der Waals surface area contributed by atoms with Crippen LogP contribution in [0.3, 0.4) is 0 Å². The van der Waals surface area contributed by atoms with Crippen molar-refractivity contribution in [2.45, 2.75) is 36.6 Å². The van der Waals surface area contributed by atoms with Crippen molar-refractivity contribution in [3.63, 3.8) is 0 Å². The zero-order valence-corrected chi connectivity index (χ0v) is 12.3. The first-order chi connectivity index (χ1) is 8.21. The molecule has 2 unspecified atom stereocenters. The Morgan fingerprint density at radius 2 is 2.06 bits per heavy atom. The molecule has 0 heterocycles. The molecule has 100 valence electrons. The second kappa shape index (κ2) is 4.42. The number of ether oxygens (including phenoxy) is 1. The Morgan fingerprint density at radius 1 is 1.39 bits per heavy atom. The molecule has 2 rings (SSSR count). The van der Waals surface area contributed by atoms with Gasteiger partial charge in [0.2, 0.25) is 0 Å². The summed E-state index contributed by atoms with van der Waals surface area (Å²) in [6.45, 7) is 4.11. The summed E-state index contributed by atoms with van der Waals surface area (Å²) in [5.41, 5.74) is -0.0807. The van der Waals surface area contributed by atoms with Crippen molar-refractivity contribution >= 4 is 21.4 Å². The van der Waals surface area contributed by atoms with Crippen molar-refractivity contribution in [3.05, 3.63) is 24.3 Å². The summed E-state index contributed by atoms with van der Waals surface area (Å²) in [7, 11) is -3.20. The minimum absolute atomic E-state index is 0.0369. The number of sulfone groups is 1. The van der Waals surface area contributed by atoms with E-state index in [2.05, 4.69) is 13.8 Å². The van der Waals surface area contributed by atoms with Gasteiger partial charge in [-0.25, -0.2) is 8.42 Å². The van der Waals surface area contributed by atoms with E-state index >= 15 is 0 Å². The first kappa shape index (κ1) is 13.7. The molecule has 0 aromatic heterocycles. The van der Waals surface area contributed by atoms with E-state index in [0.29, 0.717) is 5.75 Å². The van der Waals surface area contributed by atoms with E-state index in [1.807, 2.05) is 0 Å². The van der Waals surface area contributed by atoms with E-state index in [0.717, 1.165) is 6.42 Å². The molecule has 3 nitrogen and oxygen atoms in total. The second-order valence-electron chi connectivity index (χ2n) is 5.38. The van der Waals surface area contributed by atoms with E-state index < -0.39 is 9.84 Å². The summed E-state index contributed by atoms with van der Waals surface area (Å²) in [4.78, 5) is 0.277. The van der Waals surface area contributed by atoms with Gasteiger partial charge in [0, 0.05) is 23.5 Å². The van der Waals surface area contributed by atoms with Crippen LogP contribution < -0.4 is 4.74 Å². The second-order valence-corrected chi connectivity index (χ2v) is 7.92. The highest BCUT2D eigenvalue weighted by Gasteiger charge is 2.49. The largest absolute Gasteiger partial charge is 0.490 e. The van der Waals surface area contributed by atoms with Gasteiger partial charge in [-0.05, 0) is 18.2 Å². The Balaban J connectivity index is 2.17. The van der Waals surface area contributed by atoms with Crippen LogP contribution in [0.5, 0.6) is 5.75 Å². The Bertz CT molecular complexity index is 551. The number of alkyl halides is 1. The van der Waals surface area contributed by atoms with Crippen LogP contribution in [0.25, 0.3) is 0 Å². The number of hydrogen-bond acceptors (Lipinski definition) is 3. The van der Waals surface area contributed by atoms with Crippen LogP contribution in [0.4, 0.5) is 0 Å². The number of benzene rings is 1. The predicted octanol–water partition coefficient (Wildman–Crippen LogP) is 2.87. The van der Waals surface area contributed by atoms with Crippen molar-refractivity contribution < 1.29 is 13.2 Å². The van der Waals surface area contributed by atoms with E-state index in [1.165, 1.54) is 6.26 Å². The van der Waals surface area contributed by atoms with Gasteiger partial charge in [-0.1, -0.05) is 19.9 Å². The van der Waals surface area contributed by atoms with Gasteiger partial charge in [0.25, 0.3) is 0 Å². The third-order valence-electron chi connectivity index (χ3n) is 3.57. The maximum Gasteiger partial charge on any atom is 0.175 e. The Hall–Kier alpha value is -0.740. The summed E-state index contributed by atoms with van der Waals surface area (Å²) in [6.07, 6.45) is 2.01. The number of rotatable bonds is 3. The van der Waals surface area contributed by atoms with Gasteiger partial charge in [0.05, 0.1) is 4.90 Å². The lowest BCUT2D eigenvalue weighted by atomic mass is 9.68. The van der Waals surface area contributed by atoms with Crippen molar-refractivity contribution in [1.82, 2.24) is 0 Å². The Kier molecular flexibility index (Phi) is 3.36. The van der Waals surface area contributed by atoms with Crippen LogP contribution in [-0.4, -0.2) is 26.2 Å².